The maximum absolute atomic E-state index is 11.8. The van der Waals surface area contributed by atoms with E-state index in [0.717, 1.165) is 0 Å². The average Bonchev–Trinajstić information content (AvgIpc) is 2.32. The fourth-order valence-electron chi connectivity index (χ4n) is 0.693. The van der Waals surface area contributed by atoms with Crippen molar-refractivity contribution in [2.24, 2.45) is 4.99 Å². The van der Waals surface area contributed by atoms with E-state index in [9.17, 15) is 18.0 Å². The molecule has 0 aromatic heterocycles. The fourth-order valence-corrected chi connectivity index (χ4v) is 0.693. The van der Waals surface area contributed by atoms with E-state index in [1.54, 1.807) is 0 Å². The number of hydrogen-bond donors (Lipinski definition) is 0. The summed E-state index contributed by atoms with van der Waals surface area (Å²) in [5.41, 5.74) is -0.836. The van der Waals surface area contributed by atoms with E-state index < -0.39 is 18.2 Å². The standard InChI is InChI=1S/C6H4F3NO.CH4/c7-6(8,9)4-1-5(3-11)10-2-4;/h2-3H,1H2;1H4. The highest BCUT2D eigenvalue weighted by molar-refractivity contribution is 6.29. The largest absolute Gasteiger partial charge is 0.414 e. The average molecular weight is 179 g/mol. The Hall–Kier alpha value is -1.13. The third-order valence-electron chi connectivity index (χ3n) is 1.26. The van der Waals surface area contributed by atoms with Gasteiger partial charge in [0.25, 0.3) is 0 Å². The first-order valence-corrected chi connectivity index (χ1v) is 2.82. The third kappa shape index (κ3) is 2.18. The zero-order valence-electron chi connectivity index (χ0n) is 5.35. The monoisotopic (exact) mass is 179 g/mol. The maximum Gasteiger partial charge on any atom is 0.414 e. The van der Waals surface area contributed by atoms with Crippen LogP contribution in [0.1, 0.15) is 13.8 Å². The Morgan fingerprint density at radius 3 is 2.33 bits per heavy atom. The molecule has 2 nitrogen and oxygen atoms in total. The highest BCUT2D eigenvalue weighted by Crippen LogP contribution is 2.30. The molecule has 68 valence electrons. The topological polar surface area (TPSA) is 29.4 Å². The van der Waals surface area contributed by atoms with E-state index in [4.69, 9.17) is 0 Å². The van der Waals surface area contributed by atoms with Crippen molar-refractivity contribution in [1.29, 1.82) is 0 Å². The minimum absolute atomic E-state index is 0. The van der Waals surface area contributed by atoms with E-state index in [0.29, 0.717) is 12.5 Å². The molecular weight excluding hydrogens is 171 g/mol. The van der Waals surface area contributed by atoms with Gasteiger partial charge in [0, 0.05) is 12.6 Å². The van der Waals surface area contributed by atoms with Gasteiger partial charge >= 0.3 is 6.18 Å². The van der Waals surface area contributed by atoms with Gasteiger partial charge in [0.05, 0.1) is 11.3 Å². The first-order chi connectivity index (χ1) is 5.04. The molecule has 0 atom stereocenters. The maximum atomic E-state index is 11.8. The van der Waals surface area contributed by atoms with Crippen molar-refractivity contribution in [2.45, 2.75) is 20.0 Å². The van der Waals surface area contributed by atoms with Crippen LogP contribution in [-0.4, -0.2) is 18.2 Å². The number of allylic oxidation sites excluding steroid dienone is 1. The molecule has 0 radical (unpaired) electrons. The van der Waals surface area contributed by atoms with Crippen LogP contribution in [0.5, 0.6) is 0 Å². The molecular formula is C7H8F3NO. The van der Waals surface area contributed by atoms with Crippen molar-refractivity contribution in [2.75, 3.05) is 0 Å². The highest BCUT2D eigenvalue weighted by atomic mass is 19.4. The van der Waals surface area contributed by atoms with Crippen LogP contribution in [-0.2, 0) is 4.79 Å². The molecule has 1 aliphatic heterocycles. The van der Waals surface area contributed by atoms with Gasteiger partial charge in [-0.25, -0.2) is 0 Å². The van der Waals surface area contributed by atoms with Gasteiger partial charge in [-0.15, -0.1) is 0 Å². The molecule has 0 saturated carbocycles. The molecule has 0 N–H and O–H groups in total. The number of hydrogen-bond acceptors (Lipinski definition) is 2. The van der Waals surface area contributed by atoms with Crippen LogP contribution < -0.4 is 0 Å². The molecule has 0 aliphatic carbocycles. The van der Waals surface area contributed by atoms with Crippen LogP contribution in [0.2, 0.25) is 0 Å². The third-order valence-corrected chi connectivity index (χ3v) is 1.26. The summed E-state index contributed by atoms with van der Waals surface area (Å²) >= 11 is 0. The van der Waals surface area contributed by atoms with E-state index in [1.165, 1.54) is 0 Å². The Morgan fingerprint density at radius 1 is 1.50 bits per heavy atom. The molecule has 0 spiro atoms. The van der Waals surface area contributed by atoms with Crippen LogP contribution in [0.15, 0.2) is 16.8 Å². The van der Waals surface area contributed by atoms with Crippen molar-refractivity contribution in [3.8, 4) is 0 Å². The number of carbonyl (C=O) groups excluding carboxylic acids is 1. The quantitative estimate of drug-likeness (QED) is 0.567. The molecule has 12 heavy (non-hydrogen) atoms. The number of alkyl halides is 3. The number of halogens is 3. The Balaban J connectivity index is 0.00000121. The lowest BCUT2D eigenvalue weighted by Crippen LogP contribution is -2.12. The van der Waals surface area contributed by atoms with Gasteiger partial charge in [-0.05, 0) is 0 Å². The van der Waals surface area contributed by atoms with Crippen LogP contribution >= 0.6 is 0 Å². The summed E-state index contributed by atoms with van der Waals surface area (Å²) in [5, 5.41) is 0. The lowest BCUT2D eigenvalue weighted by molar-refractivity contribution is -0.102. The number of aldehydes is 1. The highest BCUT2D eigenvalue weighted by Gasteiger charge is 2.35. The van der Waals surface area contributed by atoms with Gasteiger partial charge < -0.3 is 0 Å². The van der Waals surface area contributed by atoms with Crippen LogP contribution in [0.4, 0.5) is 13.2 Å². The Morgan fingerprint density at radius 2 is 2.08 bits per heavy atom. The summed E-state index contributed by atoms with van der Waals surface area (Å²) in [4.78, 5) is 13.2. The molecule has 5 heteroatoms. The van der Waals surface area contributed by atoms with Gasteiger partial charge in [-0.3, -0.25) is 9.79 Å². The molecule has 0 bridgehead atoms. The zero-order chi connectivity index (χ0) is 8.48. The molecule has 1 heterocycles. The summed E-state index contributed by atoms with van der Waals surface area (Å²) in [6.07, 6.45) is -3.74. The van der Waals surface area contributed by atoms with Crippen molar-refractivity contribution in [3.63, 3.8) is 0 Å². The van der Waals surface area contributed by atoms with Gasteiger partial charge in [0.15, 0.2) is 6.29 Å². The lowest BCUT2D eigenvalue weighted by Gasteiger charge is -2.04. The molecule has 1 rings (SSSR count). The van der Waals surface area contributed by atoms with Crippen molar-refractivity contribution in [1.82, 2.24) is 0 Å². The second-order valence-corrected chi connectivity index (χ2v) is 2.07. The molecule has 0 fully saturated rings. The van der Waals surface area contributed by atoms with Gasteiger partial charge in [-0.1, -0.05) is 7.43 Å². The Kier molecular flexibility index (Phi) is 3.18. The van der Waals surface area contributed by atoms with Crippen LogP contribution in [0.25, 0.3) is 0 Å². The summed E-state index contributed by atoms with van der Waals surface area (Å²) in [5.74, 6) is 0. The summed E-state index contributed by atoms with van der Waals surface area (Å²) in [6.45, 7) is 0. The fraction of sp³-hybridized carbons (Fsp3) is 0.429. The lowest BCUT2D eigenvalue weighted by atomic mass is 10.2. The number of rotatable bonds is 1. The molecule has 0 amide bonds. The SMILES string of the molecule is C.O=CC1=NC=C(C(F)(F)F)C1. The second-order valence-electron chi connectivity index (χ2n) is 2.07. The predicted molar refractivity (Wildman–Crippen MR) is 39.0 cm³/mol. The van der Waals surface area contributed by atoms with E-state index in [2.05, 4.69) is 4.99 Å². The number of aliphatic imine (C=N–C) groups is 1. The summed E-state index contributed by atoms with van der Waals surface area (Å²) in [7, 11) is 0. The van der Waals surface area contributed by atoms with Gasteiger partial charge in [0.2, 0.25) is 0 Å². The Bertz CT molecular complexity index is 240. The molecule has 0 aromatic carbocycles. The minimum Gasteiger partial charge on any atom is -0.297 e. The molecule has 0 saturated heterocycles. The van der Waals surface area contributed by atoms with Gasteiger partial charge in [-0.2, -0.15) is 13.2 Å². The van der Waals surface area contributed by atoms with Crippen molar-refractivity contribution in [3.05, 3.63) is 11.8 Å². The molecule has 0 aromatic rings. The number of carbonyl (C=O) groups is 1. The second kappa shape index (κ2) is 3.51. The number of nitrogens with zero attached hydrogens (tertiary/aromatic N) is 1. The molecule has 1 aliphatic rings. The Labute approximate surface area is 67.8 Å². The van der Waals surface area contributed by atoms with E-state index in [-0.39, 0.29) is 13.1 Å². The van der Waals surface area contributed by atoms with Gasteiger partial charge in [0.1, 0.15) is 0 Å². The zero-order valence-corrected chi connectivity index (χ0v) is 5.35. The van der Waals surface area contributed by atoms with Crippen molar-refractivity contribution >= 4 is 12.0 Å². The van der Waals surface area contributed by atoms with Crippen LogP contribution in [0, 0.1) is 0 Å². The smallest absolute Gasteiger partial charge is 0.297 e. The first-order valence-electron chi connectivity index (χ1n) is 2.82. The summed E-state index contributed by atoms with van der Waals surface area (Å²) < 4.78 is 35.4. The normalized spacial score (nSPS) is 16.2. The first kappa shape index (κ1) is 10.9. The van der Waals surface area contributed by atoms with E-state index >= 15 is 0 Å². The van der Waals surface area contributed by atoms with Crippen molar-refractivity contribution < 1.29 is 18.0 Å². The predicted octanol–water partition coefficient (Wildman–Crippen LogP) is 2.11. The summed E-state index contributed by atoms with van der Waals surface area (Å²) in [6, 6.07) is 0. The minimum atomic E-state index is -4.35. The molecule has 0 unspecified atom stereocenters. The van der Waals surface area contributed by atoms with E-state index in [1.807, 2.05) is 0 Å². The van der Waals surface area contributed by atoms with Crippen LogP contribution in [0.3, 0.4) is 0 Å².